The van der Waals surface area contributed by atoms with Crippen molar-refractivity contribution in [3.8, 4) is 22.3 Å². The van der Waals surface area contributed by atoms with Gasteiger partial charge < -0.3 is 0 Å². The first-order valence-corrected chi connectivity index (χ1v) is 39.1. The van der Waals surface area contributed by atoms with Gasteiger partial charge in [0.1, 0.15) is 0 Å². The first kappa shape index (κ1) is 42.9. The van der Waals surface area contributed by atoms with E-state index < -0.39 is 32.6 Å². The SMILES string of the molecule is CCCCC1=Cc2c(-c3ccccc3CC)cccc2[CH]1[Zr]([Cl])([Cl])([BH]N([Si](C)(C)C)[Si](C)(C)C)[CH]1C(CCCC)=Cc2c(-c3ccccc3CC)cccc21. The Morgan fingerprint density at radius 3 is 1.29 bits per heavy atom. The number of benzene rings is 4. The monoisotopic (exact) mass is 882 g/mol. The molecule has 7 heteroatoms. The van der Waals surface area contributed by atoms with Gasteiger partial charge in [-0.1, -0.05) is 0 Å². The zero-order valence-corrected chi connectivity index (χ0v) is 41.4. The summed E-state index contributed by atoms with van der Waals surface area (Å²) < 4.78 is 3.02. The summed E-state index contributed by atoms with van der Waals surface area (Å²) >= 11 is -5.30. The van der Waals surface area contributed by atoms with E-state index >= 15 is 0 Å². The van der Waals surface area contributed by atoms with Gasteiger partial charge in [-0.3, -0.25) is 0 Å². The topological polar surface area (TPSA) is 3.24 Å². The van der Waals surface area contributed by atoms with Crippen LogP contribution >= 0.6 is 17.0 Å². The van der Waals surface area contributed by atoms with E-state index in [-0.39, 0.29) is 7.25 Å². The predicted octanol–water partition coefficient (Wildman–Crippen LogP) is 15.3. The van der Waals surface area contributed by atoms with E-state index in [0.29, 0.717) is 0 Å². The molecule has 0 amide bonds. The average molecular weight is 885 g/mol. The first-order valence-electron chi connectivity index (χ1n) is 21.3. The Balaban J connectivity index is 1.70. The van der Waals surface area contributed by atoms with Crippen LogP contribution in [0.2, 0.25) is 39.3 Å². The number of halogens is 2. The van der Waals surface area contributed by atoms with E-state index in [0.717, 1.165) is 56.3 Å². The summed E-state index contributed by atoms with van der Waals surface area (Å²) in [5.41, 5.74) is 16.6. The maximum atomic E-state index is 9.23. The van der Waals surface area contributed by atoms with Crippen LogP contribution in [0.4, 0.5) is 0 Å². The van der Waals surface area contributed by atoms with E-state index in [2.05, 4.69) is 168 Å². The minimum atomic E-state index is -5.30. The van der Waals surface area contributed by atoms with E-state index in [1.807, 2.05) is 0 Å². The van der Waals surface area contributed by atoms with Crippen LogP contribution in [0.3, 0.4) is 0 Å². The van der Waals surface area contributed by atoms with Crippen molar-refractivity contribution in [1.29, 1.82) is 0 Å². The normalized spacial score (nSPS) is 17.7. The fraction of sp³-hybridized carbons (Fsp3) is 0.417. The van der Waals surface area contributed by atoms with Gasteiger partial charge in [-0.25, -0.2) is 0 Å². The number of rotatable bonds is 16. The van der Waals surface area contributed by atoms with Crippen molar-refractivity contribution in [3.05, 3.63) is 129 Å². The van der Waals surface area contributed by atoms with E-state index in [4.69, 9.17) is 0 Å². The number of hydrogen-bond donors (Lipinski definition) is 0. The number of nitrogens with zero attached hydrogens (tertiary/aromatic N) is 1. The van der Waals surface area contributed by atoms with Gasteiger partial charge in [0.25, 0.3) is 0 Å². The fourth-order valence-electron chi connectivity index (χ4n) is 10.3. The minimum absolute atomic E-state index is 0.0304. The van der Waals surface area contributed by atoms with Crippen molar-refractivity contribution in [1.82, 2.24) is 4.14 Å². The molecule has 1 nitrogen and oxygen atoms in total. The molecule has 4 aromatic carbocycles. The molecule has 0 bridgehead atoms. The standard InChI is InChI=1S/2C21H23.C6H19BNSi2.2ClH.Zr/c2*1-3-5-9-16-14-18-11-8-13-20(21(18)15-16)19-12-7-6-10-17(19)4-2;1-9(2,3)8(7)10(4,5)6;;;/h2*6-8,10-15H,3-5,9H2,1-2H3;7H,1-6H3;2*1H;/q;;+1;;;+1/p-2. The molecule has 2 aliphatic carbocycles. The molecule has 4 aromatic rings. The predicted molar refractivity (Wildman–Crippen MR) is 250 cm³/mol. The van der Waals surface area contributed by atoms with Gasteiger partial charge >= 0.3 is 348 Å². The van der Waals surface area contributed by atoms with Crippen molar-refractivity contribution in [3.63, 3.8) is 0 Å². The molecule has 0 spiro atoms. The average Bonchev–Trinajstić information content (AvgIpc) is 3.74. The van der Waals surface area contributed by atoms with Gasteiger partial charge in [0.15, 0.2) is 0 Å². The van der Waals surface area contributed by atoms with Crippen LogP contribution in [0.15, 0.2) is 96.1 Å². The summed E-state index contributed by atoms with van der Waals surface area (Å²) in [6, 6.07) is 32.1. The Morgan fingerprint density at radius 1 is 0.545 bits per heavy atom. The van der Waals surface area contributed by atoms with Gasteiger partial charge in [0.2, 0.25) is 0 Å². The number of aryl methyl sites for hydroxylation is 2. The fourth-order valence-corrected chi connectivity index (χ4v) is 52.6. The Hall–Kier alpha value is -1.72. The van der Waals surface area contributed by atoms with Crippen molar-refractivity contribution in [2.45, 2.75) is 126 Å². The molecule has 2 aliphatic rings. The summed E-state index contributed by atoms with van der Waals surface area (Å²) in [5, 5.41) is 0. The zero-order chi connectivity index (χ0) is 39.8. The van der Waals surface area contributed by atoms with Crippen molar-refractivity contribution < 1.29 is 16.2 Å². The zero-order valence-electron chi connectivity index (χ0n) is 35.5. The second-order valence-corrected chi connectivity index (χ2v) is 50.6. The molecule has 0 saturated carbocycles. The molecule has 291 valence electrons. The Bertz CT molecular complexity index is 1950. The molecule has 0 saturated heterocycles. The summed E-state index contributed by atoms with van der Waals surface area (Å²) in [4.78, 5) is 0.836. The Kier molecular flexibility index (Phi) is 13.2. The molecule has 2 unspecified atom stereocenters. The third-order valence-electron chi connectivity index (χ3n) is 12.6. The van der Waals surface area contributed by atoms with Crippen LogP contribution in [0.1, 0.15) is 107 Å². The van der Waals surface area contributed by atoms with Crippen LogP contribution in [-0.4, -0.2) is 25.6 Å². The molecule has 0 N–H and O–H groups in total. The summed E-state index contributed by atoms with van der Waals surface area (Å²) in [6.07, 6.45) is 13.8. The molecule has 55 heavy (non-hydrogen) atoms. The second-order valence-electron chi connectivity index (χ2n) is 18.4. The molecule has 0 fully saturated rings. The van der Waals surface area contributed by atoms with Crippen LogP contribution in [0.5, 0.6) is 0 Å². The molecule has 0 aliphatic heterocycles. The summed E-state index contributed by atoms with van der Waals surface area (Å²) in [5.74, 6) is 0. The van der Waals surface area contributed by atoms with Gasteiger partial charge in [0.05, 0.1) is 0 Å². The van der Waals surface area contributed by atoms with E-state index in [1.165, 1.54) is 66.8 Å². The second kappa shape index (κ2) is 16.9. The third-order valence-corrected chi connectivity index (χ3v) is 39.7. The Morgan fingerprint density at radius 2 is 0.927 bits per heavy atom. The summed E-state index contributed by atoms with van der Waals surface area (Å²) in [7, 11) is 14.7. The van der Waals surface area contributed by atoms with Crippen LogP contribution in [-0.2, 0) is 29.0 Å². The quantitative estimate of drug-likeness (QED) is 0.101. The molecule has 0 radical (unpaired) electrons. The van der Waals surface area contributed by atoms with Crippen molar-refractivity contribution in [2.75, 3.05) is 0 Å². The van der Waals surface area contributed by atoms with E-state index in [9.17, 15) is 17.0 Å². The molecule has 0 aromatic heterocycles. The summed E-state index contributed by atoms with van der Waals surface area (Å²) in [6.45, 7) is 24.4. The number of hydrogen-bond acceptors (Lipinski definition) is 1. The van der Waals surface area contributed by atoms with Crippen molar-refractivity contribution >= 4 is 50.6 Å². The van der Waals surface area contributed by atoms with Gasteiger partial charge in [-0.2, -0.15) is 0 Å². The number of allylic oxidation sites excluding steroid dienone is 2. The number of fused-ring (bicyclic) bond motifs is 2. The van der Waals surface area contributed by atoms with Crippen LogP contribution in [0.25, 0.3) is 34.4 Å². The van der Waals surface area contributed by atoms with E-state index in [1.54, 1.807) is 0 Å². The number of unbranched alkanes of at least 4 members (excludes halogenated alkanes) is 2. The van der Waals surface area contributed by atoms with Crippen LogP contribution in [0, 0.1) is 0 Å². The third kappa shape index (κ3) is 8.29. The van der Waals surface area contributed by atoms with Gasteiger partial charge in [-0.15, -0.1) is 0 Å². The molecular weight excluding hydrogens is 820 g/mol. The van der Waals surface area contributed by atoms with Gasteiger partial charge in [0, 0.05) is 0 Å². The molecular formula is C48H65BCl2NSi2Zr. The molecule has 6 rings (SSSR count). The van der Waals surface area contributed by atoms with Crippen molar-refractivity contribution in [2.24, 2.45) is 0 Å². The molecule has 2 atom stereocenters. The Labute approximate surface area is 345 Å². The van der Waals surface area contributed by atoms with Crippen LogP contribution < -0.4 is 0 Å². The van der Waals surface area contributed by atoms with Gasteiger partial charge in [-0.05, 0) is 0 Å². The molecule has 0 heterocycles. The maximum absolute atomic E-state index is 9.23. The first-order chi connectivity index (χ1) is 26.1.